The zero-order valence-electron chi connectivity index (χ0n) is 10.2. The van der Waals surface area contributed by atoms with Gasteiger partial charge in [0.05, 0.1) is 10.7 Å². The van der Waals surface area contributed by atoms with Crippen molar-refractivity contribution in [3.8, 4) is 0 Å². The third-order valence-corrected chi connectivity index (χ3v) is 5.83. The smallest absolute Gasteiger partial charge is 0.271 e. The molecule has 0 spiro atoms. The van der Waals surface area contributed by atoms with Crippen molar-refractivity contribution >= 4 is 38.6 Å². The standard InChI is InChI=1S/C12H13ClN2O2S2/c1-8-3-2-4-10(13)12(8)15-19(16,17)11-6-5-9(7-14)18-11/h2-6,15H,7,14H2,1H3. The van der Waals surface area contributed by atoms with Crippen molar-refractivity contribution in [2.24, 2.45) is 5.73 Å². The lowest BCUT2D eigenvalue weighted by atomic mass is 10.2. The van der Waals surface area contributed by atoms with Crippen LogP contribution in [0.25, 0.3) is 0 Å². The molecule has 0 saturated heterocycles. The minimum atomic E-state index is -3.62. The molecule has 19 heavy (non-hydrogen) atoms. The molecule has 4 nitrogen and oxygen atoms in total. The highest BCUT2D eigenvalue weighted by atomic mass is 35.5. The van der Waals surface area contributed by atoms with E-state index in [9.17, 15) is 8.42 Å². The molecule has 1 heterocycles. The van der Waals surface area contributed by atoms with E-state index in [-0.39, 0.29) is 4.21 Å². The van der Waals surface area contributed by atoms with Gasteiger partial charge >= 0.3 is 0 Å². The molecule has 0 fully saturated rings. The van der Waals surface area contributed by atoms with E-state index in [0.29, 0.717) is 17.3 Å². The van der Waals surface area contributed by atoms with E-state index in [0.717, 1.165) is 21.8 Å². The van der Waals surface area contributed by atoms with Crippen LogP contribution in [0.3, 0.4) is 0 Å². The Morgan fingerprint density at radius 2 is 2.05 bits per heavy atom. The van der Waals surface area contributed by atoms with Gasteiger partial charge in [-0.2, -0.15) is 0 Å². The number of hydrogen-bond acceptors (Lipinski definition) is 4. The maximum absolute atomic E-state index is 12.2. The van der Waals surface area contributed by atoms with Gasteiger partial charge in [0.1, 0.15) is 4.21 Å². The molecule has 0 bridgehead atoms. The number of sulfonamides is 1. The van der Waals surface area contributed by atoms with Crippen LogP contribution < -0.4 is 10.5 Å². The van der Waals surface area contributed by atoms with E-state index in [2.05, 4.69) is 4.72 Å². The fourth-order valence-electron chi connectivity index (χ4n) is 1.56. The molecule has 0 aliphatic carbocycles. The number of anilines is 1. The number of nitrogens with one attached hydrogen (secondary N) is 1. The van der Waals surface area contributed by atoms with Crippen molar-refractivity contribution in [1.82, 2.24) is 0 Å². The number of nitrogens with two attached hydrogens (primary N) is 1. The molecule has 3 N–H and O–H groups in total. The quantitative estimate of drug-likeness (QED) is 0.911. The Morgan fingerprint density at radius 1 is 1.32 bits per heavy atom. The molecule has 0 amide bonds. The Hall–Kier alpha value is -1.08. The molecule has 7 heteroatoms. The van der Waals surface area contributed by atoms with Crippen LogP contribution in [0.15, 0.2) is 34.5 Å². The zero-order valence-corrected chi connectivity index (χ0v) is 12.6. The molecular weight excluding hydrogens is 304 g/mol. The van der Waals surface area contributed by atoms with Gasteiger partial charge < -0.3 is 5.73 Å². The third-order valence-electron chi connectivity index (χ3n) is 2.56. The van der Waals surface area contributed by atoms with Gasteiger partial charge in [-0.15, -0.1) is 11.3 Å². The second-order valence-electron chi connectivity index (χ2n) is 3.96. The Morgan fingerprint density at radius 3 is 2.63 bits per heavy atom. The number of hydrogen-bond donors (Lipinski definition) is 2. The van der Waals surface area contributed by atoms with E-state index in [1.807, 2.05) is 0 Å². The lowest BCUT2D eigenvalue weighted by Crippen LogP contribution is -2.12. The van der Waals surface area contributed by atoms with Gasteiger partial charge in [0.25, 0.3) is 10.0 Å². The molecule has 2 aromatic rings. The number of halogens is 1. The van der Waals surface area contributed by atoms with Crippen molar-refractivity contribution < 1.29 is 8.42 Å². The lowest BCUT2D eigenvalue weighted by molar-refractivity contribution is 0.603. The summed E-state index contributed by atoms with van der Waals surface area (Å²) >= 11 is 7.16. The predicted molar refractivity (Wildman–Crippen MR) is 79.2 cm³/mol. The Balaban J connectivity index is 2.36. The highest BCUT2D eigenvalue weighted by molar-refractivity contribution is 7.94. The summed E-state index contributed by atoms with van der Waals surface area (Å²) in [6, 6.07) is 8.46. The first-order valence-corrected chi connectivity index (χ1v) is 8.18. The summed E-state index contributed by atoms with van der Waals surface area (Å²) in [6.45, 7) is 2.12. The average molecular weight is 317 g/mol. The number of benzene rings is 1. The Kier molecular flexibility index (Phi) is 4.15. The molecule has 2 rings (SSSR count). The monoisotopic (exact) mass is 316 g/mol. The molecule has 0 aliphatic rings. The summed E-state index contributed by atoms with van der Waals surface area (Å²) in [7, 11) is -3.62. The molecule has 0 saturated carbocycles. The minimum absolute atomic E-state index is 0.229. The molecule has 0 aliphatic heterocycles. The number of rotatable bonds is 4. The number of aryl methyl sites for hydroxylation is 1. The topological polar surface area (TPSA) is 72.2 Å². The fraction of sp³-hybridized carbons (Fsp3) is 0.167. The normalized spacial score (nSPS) is 11.5. The first kappa shape index (κ1) is 14.3. The van der Waals surface area contributed by atoms with E-state index >= 15 is 0 Å². The zero-order chi connectivity index (χ0) is 14.0. The molecule has 0 atom stereocenters. The van der Waals surface area contributed by atoms with Crippen molar-refractivity contribution in [2.45, 2.75) is 17.7 Å². The molecule has 1 aromatic carbocycles. The van der Waals surface area contributed by atoms with Crippen LogP contribution in [0.2, 0.25) is 5.02 Å². The van der Waals surface area contributed by atoms with Crippen molar-refractivity contribution in [2.75, 3.05) is 4.72 Å². The van der Waals surface area contributed by atoms with Gasteiger partial charge in [0, 0.05) is 11.4 Å². The van der Waals surface area contributed by atoms with Crippen LogP contribution in [0, 0.1) is 6.92 Å². The summed E-state index contributed by atoms with van der Waals surface area (Å²) in [5, 5.41) is 0.374. The van der Waals surface area contributed by atoms with Gasteiger partial charge in [-0.25, -0.2) is 8.42 Å². The number of thiophene rings is 1. The second kappa shape index (κ2) is 5.50. The van der Waals surface area contributed by atoms with Crippen LogP contribution in [0.5, 0.6) is 0 Å². The maximum atomic E-state index is 12.2. The average Bonchev–Trinajstić information content (AvgIpc) is 2.83. The fourth-order valence-corrected chi connectivity index (χ4v) is 4.27. The molecule has 102 valence electrons. The maximum Gasteiger partial charge on any atom is 0.271 e. The van der Waals surface area contributed by atoms with Gasteiger partial charge in [0.2, 0.25) is 0 Å². The van der Waals surface area contributed by atoms with E-state index in [1.54, 1.807) is 37.3 Å². The second-order valence-corrected chi connectivity index (χ2v) is 7.45. The van der Waals surface area contributed by atoms with Crippen LogP contribution in [0.4, 0.5) is 5.69 Å². The Labute approximate surface area is 121 Å². The van der Waals surface area contributed by atoms with Crippen molar-refractivity contribution in [3.63, 3.8) is 0 Å². The van der Waals surface area contributed by atoms with Gasteiger partial charge in [-0.05, 0) is 30.7 Å². The highest BCUT2D eigenvalue weighted by Crippen LogP contribution is 2.29. The number of para-hydroxylation sites is 1. The van der Waals surface area contributed by atoms with E-state index in [1.165, 1.54) is 0 Å². The van der Waals surface area contributed by atoms with Crippen LogP contribution in [-0.4, -0.2) is 8.42 Å². The van der Waals surface area contributed by atoms with Crippen LogP contribution in [-0.2, 0) is 16.6 Å². The molecule has 0 unspecified atom stereocenters. The summed E-state index contributed by atoms with van der Waals surface area (Å²) in [6.07, 6.45) is 0. The summed E-state index contributed by atoms with van der Waals surface area (Å²) in [5.74, 6) is 0. The minimum Gasteiger partial charge on any atom is -0.326 e. The van der Waals surface area contributed by atoms with Gasteiger partial charge in [-0.1, -0.05) is 23.7 Å². The van der Waals surface area contributed by atoms with Gasteiger partial charge in [-0.3, -0.25) is 4.72 Å². The first-order chi connectivity index (χ1) is 8.94. The largest absolute Gasteiger partial charge is 0.326 e. The first-order valence-electron chi connectivity index (χ1n) is 5.51. The summed E-state index contributed by atoms with van der Waals surface area (Å²) in [5.41, 5.74) is 6.66. The highest BCUT2D eigenvalue weighted by Gasteiger charge is 2.19. The third kappa shape index (κ3) is 3.09. The molecule has 0 radical (unpaired) electrons. The lowest BCUT2D eigenvalue weighted by Gasteiger charge is -2.10. The molecule has 1 aromatic heterocycles. The van der Waals surface area contributed by atoms with Crippen molar-refractivity contribution in [3.05, 3.63) is 45.8 Å². The van der Waals surface area contributed by atoms with Crippen LogP contribution >= 0.6 is 22.9 Å². The predicted octanol–water partition coefficient (Wildman–Crippen LogP) is 2.97. The van der Waals surface area contributed by atoms with E-state index in [4.69, 9.17) is 17.3 Å². The van der Waals surface area contributed by atoms with Crippen molar-refractivity contribution in [1.29, 1.82) is 0 Å². The molecular formula is C12H13ClN2O2S2. The van der Waals surface area contributed by atoms with Crippen LogP contribution in [0.1, 0.15) is 10.4 Å². The SMILES string of the molecule is Cc1cccc(Cl)c1NS(=O)(=O)c1ccc(CN)s1. The Bertz CT molecular complexity index is 675. The van der Waals surface area contributed by atoms with Gasteiger partial charge in [0.15, 0.2) is 0 Å². The summed E-state index contributed by atoms with van der Waals surface area (Å²) < 4.78 is 27.2. The summed E-state index contributed by atoms with van der Waals surface area (Å²) in [4.78, 5) is 0.816. The van der Waals surface area contributed by atoms with E-state index < -0.39 is 10.0 Å².